The van der Waals surface area contributed by atoms with Gasteiger partial charge in [0.15, 0.2) is 5.78 Å². The van der Waals surface area contributed by atoms with Crippen molar-refractivity contribution in [1.82, 2.24) is 0 Å². The molecule has 0 amide bonds. The molecule has 0 heterocycles. The Labute approximate surface area is 123 Å². The fourth-order valence-corrected chi connectivity index (χ4v) is 2.50. The van der Waals surface area contributed by atoms with Gasteiger partial charge < -0.3 is 0 Å². The van der Waals surface area contributed by atoms with E-state index in [2.05, 4.69) is 0 Å². The summed E-state index contributed by atoms with van der Waals surface area (Å²) in [5.74, 6) is -0.549. The summed E-state index contributed by atoms with van der Waals surface area (Å²) in [5, 5.41) is 0. The predicted molar refractivity (Wildman–Crippen MR) is 83.3 cm³/mol. The molecule has 1 aliphatic carbocycles. The standard InChI is InChI=1S/C19H15FO/c1-13-18(21)11-10-17(19(13)20)16-9-5-8-15(12-16)14-6-3-2-4-7-14/h2-10,12H,11H2,1H3. The Balaban J connectivity index is 2.04. The molecular formula is C19H15FO. The molecule has 2 aromatic carbocycles. The topological polar surface area (TPSA) is 17.1 Å². The van der Waals surface area contributed by atoms with Gasteiger partial charge in [-0.05, 0) is 29.7 Å². The molecule has 104 valence electrons. The van der Waals surface area contributed by atoms with E-state index in [1.165, 1.54) is 0 Å². The minimum atomic E-state index is -0.406. The van der Waals surface area contributed by atoms with E-state index in [4.69, 9.17) is 0 Å². The van der Waals surface area contributed by atoms with Gasteiger partial charge in [-0.3, -0.25) is 4.79 Å². The van der Waals surface area contributed by atoms with E-state index < -0.39 is 5.83 Å². The van der Waals surface area contributed by atoms with Crippen molar-refractivity contribution < 1.29 is 9.18 Å². The van der Waals surface area contributed by atoms with Gasteiger partial charge >= 0.3 is 0 Å². The maximum absolute atomic E-state index is 14.3. The van der Waals surface area contributed by atoms with Crippen LogP contribution in [-0.4, -0.2) is 5.78 Å². The lowest BCUT2D eigenvalue weighted by molar-refractivity contribution is -0.114. The van der Waals surface area contributed by atoms with E-state index in [0.717, 1.165) is 16.7 Å². The summed E-state index contributed by atoms with van der Waals surface area (Å²) in [4.78, 5) is 11.5. The molecule has 3 rings (SSSR count). The summed E-state index contributed by atoms with van der Waals surface area (Å²) >= 11 is 0. The average molecular weight is 278 g/mol. The Hall–Kier alpha value is -2.48. The zero-order valence-electron chi connectivity index (χ0n) is 11.8. The van der Waals surface area contributed by atoms with Crippen molar-refractivity contribution in [1.29, 1.82) is 0 Å². The van der Waals surface area contributed by atoms with Crippen LogP contribution in [0, 0.1) is 0 Å². The maximum Gasteiger partial charge on any atom is 0.165 e. The Morgan fingerprint density at radius 3 is 2.33 bits per heavy atom. The minimum absolute atomic E-state index is 0.143. The first kappa shape index (κ1) is 13.5. The van der Waals surface area contributed by atoms with Crippen molar-refractivity contribution in [3.8, 4) is 11.1 Å². The number of Topliss-reactive ketones (excluding diaryl/α,β-unsaturated/α-hetero) is 1. The molecule has 21 heavy (non-hydrogen) atoms. The van der Waals surface area contributed by atoms with Crippen LogP contribution in [0.15, 0.2) is 72.1 Å². The molecule has 2 heteroatoms. The van der Waals surface area contributed by atoms with Crippen LogP contribution in [0.25, 0.3) is 16.7 Å². The molecule has 0 spiro atoms. The quantitative estimate of drug-likeness (QED) is 0.759. The largest absolute Gasteiger partial charge is 0.294 e. The number of carbonyl (C=O) groups is 1. The average Bonchev–Trinajstić information content (AvgIpc) is 2.54. The van der Waals surface area contributed by atoms with Gasteiger partial charge in [-0.15, -0.1) is 0 Å². The smallest absolute Gasteiger partial charge is 0.165 e. The first-order valence-corrected chi connectivity index (χ1v) is 6.93. The lowest BCUT2D eigenvalue weighted by Crippen LogP contribution is -2.06. The number of allylic oxidation sites excluding steroid dienone is 4. The highest BCUT2D eigenvalue weighted by atomic mass is 19.1. The fourth-order valence-electron chi connectivity index (χ4n) is 2.50. The Morgan fingerprint density at radius 1 is 0.905 bits per heavy atom. The second-order valence-electron chi connectivity index (χ2n) is 5.13. The molecule has 1 aliphatic rings. The third kappa shape index (κ3) is 2.57. The molecule has 0 aromatic heterocycles. The van der Waals surface area contributed by atoms with Gasteiger partial charge in [0.25, 0.3) is 0 Å². The number of hydrogen-bond acceptors (Lipinski definition) is 1. The summed E-state index contributed by atoms with van der Waals surface area (Å²) in [6.07, 6.45) is 1.94. The highest BCUT2D eigenvalue weighted by Crippen LogP contribution is 2.33. The molecule has 0 bridgehead atoms. The zero-order valence-corrected chi connectivity index (χ0v) is 11.8. The molecule has 0 fully saturated rings. The van der Waals surface area contributed by atoms with Gasteiger partial charge in [0.1, 0.15) is 5.83 Å². The summed E-state index contributed by atoms with van der Waals surface area (Å²) in [5.41, 5.74) is 3.67. The number of benzene rings is 2. The molecule has 0 atom stereocenters. The molecule has 1 nitrogen and oxygen atoms in total. The lowest BCUT2D eigenvalue weighted by atomic mass is 9.91. The number of ketones is 1. The van der Waals surface area contributed by atoms with E-state index in [-0.39, 0.29) is 17.8 Å². The van der Waals surface area contributed by atoms with Crippen molar-refractivity contribution in [2.45, 2.75) is 13.3 Å². The third-order valence-electron chi connectivity index (χ3n) is 3.76. The van der Waals surface area contributed by atoms with Crippen molar-refractivity contribution in [3.05, 3.63) is 77.6 Å². The van der Waals surface area contributed by atoms with Crippen molar-refractivity contribution in [3.63, 3.8) is 0 Å². The highest BCUT2D eigenvalue weighted by Gasteiger charge is 2.20. The normalized spacial score (nSPS) is 15.1. The summed E-state index contributed by atoms with van der Waals surface area (Å²) in [6.45, 7) is 1.55. The third-order valence-corrected chi connectivity index (χ3v) is 3.76. The molecular weight excluding hydrogens is 263 g/mol. The second-order valence-corrected chi connectivity index (χ2v) is 5.13. The predicted octanol–water partition coefficient (Wildman–Crippen LogP) is 4.95. The second kappa shape index (κ2) is 5.49. The van der Waals surface area contributed by atoms with Crippen LogP contribution in [0.2, 0.25) is 0 Å². The molecule has 0 radical (unpaired) electrons. The molecule has 0 saturated carbocycles. The number of rotatable bonds is 2. The molecule has 0 aliphatic heterocycles. The van der Waals surface area contributed by atoms with E-state index >= 15 is 0 Å². The van der Waals surface area contributed by atoms with Gasteiger partial charge in [-0.25, -0.2) is 4.39 Å². The number of halogens is 1. The fraction of sp³-hybridized carbons (Fsp3) is 0.105. The van der Waals surface area contributed by atoms with Gasteiger partial charge in [-0.1, -0.05) is 54.6 Å². The van der Waals surface area contributed by atoms with Crippen molar-refractivity contribution in [2.75, 3.05) is 0 Å². The molecule has 0 saturated heterocycles. The maximum atomic E-state index is 14.3. The highest BCUT2D eigenvalue weighted by molar-refractivity contribution is 6.03. The van der Waals surface area contributed by atoms with E-state index in [1.807, 2.05) is 54.6 Å². The zero-order chi connectivity index (χ0) is 14.8. The van der Waals surface area contributed by atoms with Gasteiger partial charge in [0.05, 0.1) is 0 Å². The van der Waals surface area contributed by atoms with Crippen LogP contribution >= 0.6 is 0 Å². The van der Waals surface area contributed by atoms with Crippen LogP contribution in [-0.2, 0) is 4.79 Å². The van der Waals surface area contributed by atoms with E-state index in [9.17, 15) is 9.18 Å². The van der Waals surface area contributed by atoms with Crippen molar-refractivity contribution in [2.24, 2.45) is 0 Å². The Morgan fingerprint density at radius 2 is 1.57 bits per heavy atom. The van der Waals surface area contributed by atoms with Crippen LogP contribution < -0.4 is 0 Å². The van der Waals surface area contributed by atoms with Crippen LogP contribution in [0.3, 0.4) is 0 Å². The minimum Gasteiger partial charge on any atom is -0.294 e. The van der Waals surface area contributed by atoms with E-state index in [1.54, 1.807) is 13.0 Å². The first-order valence-electron chi connectivity index (χ1n) is 6.93. The van der Waals surface area contributed by atoms with Gasteiger partial charge in [-0.2, -0.15) is 0 Å². The van der Waals surface area contributed by atoms with E-state index in [0.29, 0.717) is 5.57 Å². The molecule has 2 aromatic rings. The van der Waals surface area contributed by atoms with Crippen molar-refractivity contribution >= 4 is 11.4 Å². The summed E-state index contributed by atoms with van der Waals surface area (Å²) in [7, 11) is 0. The van der Waals surface area contributed by atoms with Gasteiger partial charge in [0.2, 0.25) is 0 Å². The van der Waals surface area contributed by atoms with Gasteiger partial charge in [0, 0.05) is 17.6 Å². The first-order chi connectivity index (χ1) is 10.2. The number of hydrogen-bond donors (Lipinski definition) is 0. The summed E-state index contributed by atoms with van der Waals surface area (Å²) in [6, 6.07) is 17.7. The van der Waals surface area contributed by atoms with Crippen LogP contribution in [0.4, 0.5) is 4.39 Å². The SMILES string of the molecule is CC1=C(F)C(c2cccc(-c3ccccc3)c2)=CCC1=O. The molecule has 0 unspecified atom stereocenters. The van der Waals surface area contributed by atoms with Crippen LogP contribution in [0.1, 0.15) is 18.9 Å². The summed E-state index contributed by atoms with van der Waals surface area (Å²) < 4.78 is 14.3. The molecule has 0 N–H and O–H groups in total. The Kier molecular flexibility index (Phi) is 3.53. The Bertz CT molecular complexity index is 754. The monoisotopic (exact) mass is 278 g/mol. The lowest BCUT2D eigenvalue weighted by Gasteiger charge is -2.14. The van der Waals surface area contributed by atoms with Crippen LogP contribution in [0.5, 0.6) is 0 Å². The number of carbonyl (C=O) groups excluding carboxylic acids is 1.